The van der Waals surface area contributed by atoms with Crippen molar-refractivity contribution in [2.75, 3.05) is 24.5 Å². The number of alkyl halides is 2. The highest BCUT2D eigenvalue weighted by molar-refractivity contribution is 6.03. The van der Waals surface area contributed by atoms with Gasteiger partial charge in [-0.15, -0.1) is 0 Å². The van der Waals surface area contributed by atoms with Crippen LogP contribution >= 0.6 is 0 Å². The van der Waals surface area contributed by atoms with Crippen molar-refractivity contribution in [2.24, 2.45) is 7.05 Å². The minimum Gasteiger partial charge on any atom is -0.311 e. The van der Waals surface area contributed by atoms with Crippen LogP contribution in [-0.2, 0) is 11.8 Å². The molecule has 0 bridgehead atoms. The van der Waals surface area contributed by atoms with Gasteiger partial charge >= 0.3 is 6.03 Å². The zero-order valence-corrected chi connectivity index (χ0v) is 15.6. The van der Waals surface area contributed by atoms with Gasteiger partial charge in [0.1, 0.15) is 5.82 Å². The molecule has 1 atom stereocenters. The summed E-state index contributed by atoms with van der Waals surface area (Å²) in [5.41, 5.74) is 0.369. The lowest BCUT2D eigenvalue weighted by atomic mass is 9.86. The number of rotatable bonds is 5. The number of aromatic nitrogens is 2. The number of piperidine rings is 1. The fourth-order valence-electron chi connectivity index (χ4n) is 3.62. The molecule has 7 nitrogen and oxygen atoms in total. The zero-order valence-electron chi connectivity index (χ0n) is 15.6. The number of imide groups is 1. The topological polar surface area (TPSA) is 79.3 Å². The Hall–Kier alpha value is -2.62. The summed E-state index contributed by atoms with van der Waals surface area (Å²) in [7, 11) is 1.59. The van der Waals surface area contributed by atoms with Gasteiger partial charge in [-0.1, -0.05) is 6.92 Å². The fraction of sp³-hybridized carbons (Fsp3) is 0.500. The van der Waals surface area contributed by atoms with Crippen LogP contribution in [0.15, 0.2) is 12.1 Å². The van der Waals surface area contributed by atoms with Gasteiger partial charge in [0.15, 0.2) is 5.82 Å². The number of hydrogen-bond acceptors (Lipinski definition) is 4. The average Bonchev–Trinajstić information content (AvgIpc) is 2.94. The second-order valence-corrected chi connectivity index (χ2v) is 6.84. The predicted octanol–water partition coefficient (Wildman–Crippen LogP) is 2.51. The third-order valence-electron chi connectivity index (χ3n) is 4.94. The van der Waals surface area contributed by atoms with E-state index in [0.29, 0.717) is 23.9 Å². The number of halogens is 3. The summed E-state index contributed by atoms with van der Waals surface area (Å²) in [6.45, 7) is 1.97. The second kappa shape index (κ2) is 7.78. The second-order valence-electron chi connectivity index (χ2n) is 6.84. The Kier molecular flexibility index (Phi) is 5.59. The van der Waals surface area contributed by atoms with Crippen LogP contribution in [0.4, 0.5) is 23.8 Å². The van der Waals surface area contributed by atoms with E-state index >= 15 is 0 Å². The van der Waals surface area contributed by atoms with Crippen molar-refractivity contribution in [2.45, 2.75) is 31.6 Å². The van der Waals surface area contributed by atoms with Gasteiger partial charge in [0.2, 0.25) is 6.41 Å². The number of carbonyl (C=O) groups excluding carboxylic acids is 2. The van der Waals surface area contributed by atoms with E-state index in [0.717, 1.165) is 6.07 Å². The molecule has 1 aromatic heterocycles. The number of hydrogen-bond donors (Lipinski definition) is 2. The zero-order chi connectivity index (χ0) is 20.5. The third kappa shape index (κ3) is 3.56. The van der Waals surface area contributed by atoms with Crippen LogP contribution in [0.3, 0.4) is 0 Å². The molecule has 1 aliphatic heterocycles. The first kappa shape index (κ1) is 20.1. The van der Waals surface area contributed by atoms with Crippen LogP contribution in [0.5, 0.6) is 0 Å². The maximum Gasteiger partial charge on any atom is 0.329 e. The smallest absolute Gasteiger partial charge is 0.311 e. The first-order valence-corrected chi connectivity index (χ1v) is 9.06. The molecule has 1 aromatic carbocycles. The standard InChI is InChI=1S/C18H22F3N5O2/c1-3-6-26(17(28)23-10-27)16-12-7-14(19)11(8-15(12)25(2)24-16)13-4-5-22-9-18(13,20)21/h7-8,10,13,22H,3-6,9H2,1-2H3,(H,23,27,28). The molecular formula is C18H22F3N5O2. The molecule has 0 saturated carbocycles. The summed E-state index contributed by atoms with van der Waals surface area (Å²) in [4.78, 5) is 24.1. The molecule has 2 N–H and O–H groups in total. The van der Waals surface area contributed by atoms with Crippen molar-refractivity contribution < 1.29 is 22.8 Å². The molecule has 10 heteroatoms. The van der Waals surface area contributed by atoms with Crippen LogP contribution in [0, 0.1) is 5.82 Å². The molecule has 3 amide bonds. The Morgan fingerprint density at radius 3 is 2.89 bits per heavy atom. The van der Waals surface area contributed by atoms with Gasteiger partial charge in [-0.3, -0.25) is 19.7 Å². The Morgan fingerprint density at radius 1 is 1.50 bits per heavy atom. The molecule has 2 heterocycles. The summed E-state index contributed by atoms with van der Waals surface area (Å²) in [5.74, 6) is -4.89. The molecule has 1 aliphatic rings. The highest BCUT2D eigenvalue weighted by Gasteiger charge is 2.43. The quantitative estimate of drug-likeness (QED) is 0.760. The summed E-state index contributed by atoms with van der Waals surface area (Å²) in [5, 5.41) is 9.27. The van der Waals surface area contributed by atoms with E-state index in [9.17, 15) is 22.8 Å². The average molecular weight is 397 g/mol. The first-order valence-electron chi connectivity index (χ1n) is 9.06. The molecule has 0 spiro atoms. The molecule has 152 valence electrons. The van der Waals surface area contributed by atoms with Crippen LogP contribution in [0.2, 0.25) is 0 Å². The SMILES string of the molecule is CCCN(C(=O)NC=O)c1nn(C)c2cc(C3CCNCC3(F)F)c(F)cc12. The Morgan fingerprint density at radius 2 is 2.25 bits per heavy atom. The van der Waals surface area contributed by atoms with Crippen LogP contribution in [0.25, 0.3) is 10.9 Å². The van der Waals surface area contributed by atoms with Crippen molar-refractivity contribution in [3.05, 3.63) is 23.5 Å². The van der Waals surface area contributed by atoms with Gasteiger partial charge in [0.05, 0.1) is 18.0 Å². The molecular weight excluding hydrogens is 375 g/mol. The van der Waals surface area contributed by atoms with Crippen molar-refractivity contribution in [3.8, 4) is 0 Å². The number of anilines is 1. The van der Waals surface area contributed by atoms with Gasteiger partial charge in [-0.05, 0) is 37.1 Å². The third-order valence-corrected chi connectivity index (χ3v) is 4.94. The van der Waals surface area contributed by atoms with Crippen molar-refractivity contribution in [3.63, 3.8) is 0 Å². The Bertz CT molecular complexity index is 899. The normalized spacial score (nSPS) is 18.8. The van der Waals surface area contributed by atoms with E-state index in [-0.39, 0.29) is 30.8 Å². The largest absolute Gasteiger partial charge is 0.329 e. The number of aryl methyl sites for hydroxylation is 1. The fourth-order valence-corrected chi connectivity index (χ4v) is 3.62. The van der Waals surface area contributed by atoms with Gasteiger partial charge < -0.3 is 5.32 Å². The molecule has 0 radical (unpaired) electrons. The Labute approximate surface area is 159 Å². The maximum absolute atomic E-state index is 14.9. The summed E-state index contributed by atoms with van der Waals surface area (Å²) in [6.07, 6.45) is 0.948. The van der Waals surface area contributed by atoms with Crippen LogP contribution < -0.4 is 15.5 Å². The molecule has 28 heavy (non-hydrogen) atoms. The van der Waals surface area contributed by atoms with Gasteiger partial charge in [-0.2, -0.15) is 5.10 Å². The van der Waals surface area contributed by atoms with Crippen molar-refractivity contribution in [1.29, 1.82) is 0 Å². The summed E-state index contributed by atoms with van der Waals surface area (Å²) >= 11 is 0. The van der Waals surface area contributed by atoms with Gasteiger partial charge in [0, 0.05) is 19.0 Å². The van der Waals surface area contributed by atoms with E-state index in [4.69, 9.17) is 0 Å². The maximum atomic E-state index is 14.9. The van der Waals surface area contributed by atoms with E-state index in [1.807, 2.05) is 12.2 Å². The number of nitrogens with one attached hydrogen (secondary N) is 2. The summed E-state index contributed by atoms with van der Waals surface area (Å²) in [6, 6.07) is 1.83. The number of urea groups is 1. The lowest BCUT2D eigenvalue weighted by Crippen LogP contribution is -2.44. The van der Waals surface area contributed by atoms with Gasteiger partial charge in [-0.25, -0.2) is 18.0 Å². The van der Waals surface area contributed by atoms with E-state index in [1.54, 1.807) is 7.05 Å². The lowest BCUT2D eigenvalue weighted by molar-refractivity contribution is -0.108. The Balaban J connectivity index is 2.10. The minimum absolute atomic E-state index is 0.0621. The molecule has 3 rings (SSSR count). The molecule has 2 aromatic rings. The van der Waals surface area contributed by atoms with E-state index in [2.05, 4.69) is 10.4 Å². The lowest BCUT2D eigenvalue weighted by Gasteiger charge is -2.32. The van der Waals surface area contributed by atoms with Crippen LogP contribution in [-0.4, -0.2) is 47.8 Å². The number of amides is 3. The van der Waals surface area contributed by atoms with Crippen molar-refractivity contribution in [1.82, 2.24) is 20.4 Å². The number of fused-ring (bicyclic) bond motifs is 1. The summed E-state index contributed by atoms with van der Waals surface area (Å²) < 4.78 is 44.9. The molecule has 1 unspecified atom stereocenters. The molecule has 1 fully saturated rings. The van der Waals surface area contributed by atoms with Crippen LogP contribution in [0.1, 0.15) is 31.2 Å². The molecule has 1 saturated heterocycles. The first-order chi connectivity index (χ1) is 13.3. The minimum atomic E-state index is -3.06. The highest BCUT2D eigenvalue weighted by Crippen LogP contribution is 2.41. The number of nitrogens with zero attached hydrogens (tertiary/aromatic N) is 3. The highest BCUT2D eigenvalue weighted by atomic mass is 19.3. The van der Waals surface area contributed by atoms with E-state index < -0.39 is 30.2 Å². The van der Waals surface area contributed by atoms with Crippen molar-refractivity contribution >= 4 is 29.2 Å². The monoisotopic (exact) mass is 397 g/mol. The van der Waals surface area contributed by atoms with Gasteiger partial charge in [0.25, 0.3) is 5.92 Å². The number of carbonyl (C=O) groups is 2. The predicted molar refractivity (Wildman–Crippen MR) is 98.1 cm³/mol. The van der Waals surface area contributed by atoms with E-state index in [1.165, 1.54) is 15.6 Å². The number of benzene rings is 1. The molecule has 0 aliphatic carbocycles.